The molecular weight excluding hydrogens is 489 g/mol. The summed E-state index contributed by atoms with van der Waals surface area (Å²) in [6.07, 6.45) is 0.305. The number of halogens is 2. The third-order valence-electron chi connectivity index (χ3n) is 6.07. The number of aliphatic hydroxyl groups excluding tert-OH is 1. The Bertz CT molecular complexity index is 1260. The summed E-state index contributed by atoms with van der Waals surface area (Å²) in [4.78, 5) is 36.3. The first kappa shape index (κ1) is 27.0. The number of rotatable bonds is 11. The zero-order chi connectivity index (χ0) is 26.5. The molecule has 0 aliphatic heterocycles. The molecule has 0 bridgehead atoms. The van der Waals surface area contributed by atoms with Crippen LogP contribution in [-0.2, 0) is 11.2 Å². The lowest BCUT2D eigenvalue weighted by Gasteiger charge is -2.29. The number of amides is 1. The number of ketones is 1. The minimum absolute atomic E-state index is 0.000225. The molecule has 2 atom stereocenters. The number of Topliss-reactive ketones (excluding diaryl/α,β-unsaturated/α-hetero) is 1. The van der Waals surface area contributed by atoms with Gasteiger partial charge in [0.25, 0.3) is 5.91 Å². The second-order valence-corrected chi connectivity index (χ2v) is 9.40. The fourth-order valence-electron chi connectivity index (χ4n) is 3.97. The molecule has 0 aliphatic rings. The number of hydrogen-bond donors (Lipinski definition) is 4. The average molecular weight is 516 g/mol. The van der Waals surface area contributed by atoms with E-state index in [9.17, 15) is 29.0 Å². The van der Waals surface area contributed by atoms with Crippen molar-refractivity contribution in [1.29, 1.82) is 0 Å². The normalized spacial score (nSPS) is 13.6. The van der Waals surface area contributed by atoms with Crippen molar-refractivity contribution in [3.05, 3.63) is 76.3 Å². The number of benzene rings is 2. The summed E-state index contributed by atoms with van der Waals surface area (Å²) < 4.78 is 14.2. The molecule has 8 nitrogen and oxygen atoms in total. The summed E-state index contributed by atoms with van der Waals surface area (Å²) >= 11 is 6.00. The van der Waals surface area contributed by atoms with Crippen LogP contribution >= 0.6 is 11.6 Å². The second kappa shape index (κ2) is 11.5. The third kappa shape index (κ3) is 6.56. The van der Waals surface area contributed by atoms with E-state index in [1.165, 1.54) is 38.1 Å². The maximum absolute atomic E-state index is 14.2. The van der Waals surface area contributed by atoms with Gasteiger partial charge in [-0.05, 0) is 61.6 Å². The molecule has 3 aromatic rings. The monoisotopic (exact) mass is 515 g/mol. The van der Waals surface area contributed by atoms with E-state index in [1.807, 2.05) is 0 Å². The van der Waals surface area contributed by atoms with Crippen LogP contribution in [-0.4, -0.2) is 50.7 Å². The molecule has 1 heterocycles. The number of aromatic amines is 1. The Labute approximate surface area is 212 Å². The van der Waals surface area contributed by atoms with Crippen molar-refractivity contribution in [2.24, 2.45) is 5.41 Å². The van der Waals surface area contributed by atoms with E-state index in [1.54, 1.807) is 24.3 Å². The van der Waals surface area contributed by atoms with E-state index in [4.69, 9.17) is 11.6 Å². The van der Waals surface area contributed by atoms with Gasteiger partial charge in [-0.15, -0.1) is 0 Å². The Kier molecular flexibility index (Phi) is 8.60. The number of H-pyrrole nitrogens is 1. The highest BCUT2D eigenvalue weighted by atomic mass is 35.5. The van der Waals surface area contributed by atoms with Gasteiger partial charge >= 0.3 is 5.97 Å². The number of carboxylic acids is 1. The zero-order valence-corrected chi connectivity index (χ0v) is 20.6. The number of carboxylic acid groups (broad SMARTS) is 1. The van der Waals surface area contributed by atoms with Gasteiger partial charge in [0.05, 0.1) is 5.41 Å². The van der Waals surface area contributed by atoms with Crippen LogP contribution < -0.4 is 5.32 Å². The van der Waals surface area contributed by atoms with Crippen molar-refractivity contribution >= 4 is 29.3 Å². The number of aliphatic carboxylic acids is 1. The van der Waals surface area contributed by atoms with E-state index < -0.39 is 29.2 Å². The van der Waals surface area contributed by atoms with Crippen LogP contribution in [0, 0.1) is 11.2 Å². The van der Waals surface area contributed by atoms with Crippen molar-refractivity contribution in [3.8, 4) is 11.1 Å². The topological polar surface area (TPSA) is 132 Å². The van der Waals surface area contributed by atoms with Crippen molar-refractivity contribution < 1.29 is 29.0 Å². The molecule has 1 amide bonds. The number of hydrogen-bond acceptors (Lipinski definition) is 5. The summed E-state index contributed by atoms with van der Waals surface area (Å²) in [5.41, 5.74) is 0.615. The average Bonchev–Trinajstić information content (AvgIpc) is 3.32. The first-order valence-corrected chi connectivity index (χ1v) is 11.7. The molecule has 0 fully saturated rings. The van der Waals surface area contributed by atoms with Crippen LogP contribution in [0.25, 0.3) is 11.1 Å². The summed E-state index contributed by atoms with van der Waals surface area (Å²) in [6, 6.07) is 12.0. The van der Waals surface area contributed by atoms with Crippen molar-refractivity contribution in [1.82, 2.24) is 15.5 Å². The van der Waals surface area contributed by atoms with E-state index in [2.05, 4.69) is 15.5 Å². The first-order chi connectivity index (χ1) is 17.0. The van der Waals surface area contributed by atoms with Crippen LogP contribution in [0.4, 0.5) is 4.39 Å². The third-order valence-corrected chi connectivity index (χ3v) is 6.31. The Morgan fingerprint density at radius 3 is 2.44 bits per heavy atom. The van der Waals surface area contributed by atoms with Crippen molar-refractivity contribution in [2.75, 3.05) is 6.61 Å². The summed E-state index contributed by atoms with van der Waals surface area (Å²) in [5.74, 6) is -2.36. The molecule has 2 aromatic carbocycles. The van der Waals surface area contributed by atoms with Gasteiger partial charge in [0, 0.05) is 30.2 Å². The van der Waals surface area contributed by atoms with Crippen LogP contribution in [0.2, 0.25) is 5.02 Å². The lowest BCUT2D eigenvalue weighted by atomic mass is 9.79. The molecule has 3 rings (SSSR count). The summed E-state index contributed by atoms with van der Waals surface area (Å²) in [7, 11) is 0. The highest BCUT2D eigenvalue weighted by Gasteiger charge is 2.36. The lowest BCUT2D eigenvalue weighted by Crippen LogP contribution is -2.43. The van der Waals surface area contributed by atoms with Crippen LogP contribution in [0.5, 0.6) is 0 Å². The minimum Gasteiger partial charge on any atom is -0.481 e. The number of aliphatic hydroxyl groups is 1. The van der Waals surface area contributed by atoms with Gasteiger partial charge < -0.3 is 15.5 Å². The molecule has 0 saturated heterocycles. The quantitative estimate of drug-likeness (QED) is 0.282. The van der Waals surface area contributed by atoms with Gasteiger partial charge in [0.1, 0.15) is 17.2 Å². The molecule has 4 N–H and O–H groups in total. The van der Waals surface area contributed by atoms with Crippen molar-refractivity contribution in [2.45, 2.75) is 39.2 Å². The van der Waals surface area contributed by atoms with Crippen LogP contribution in [0.1, 0.15) is 53.2 Å². The van der Waals surface area contributed by atoms with E-state index in [-0.39, 0.29) is 43.0 Å². The first-order valence-electron chi connectivity index (χ1n) is 11.3. The minimum atomic E-state index is -1.30. The molecule has 0 radical (unpaired) electrons. The van der Waals surface area contributed by atoms with E-state index in [0.717, 1.165) is 5.56 Å². The van der Waals surface area contributed by atoms with Crippen molar-refractivity contribution in [3.63, 3.8) is 0 Å². The van der Waals surface area contributed by atoms with Crippen LogP contribution in [0.15, 0.2) is 48.5 Å². The van der Waals surface area contributed by atoms with E-state index >= 15 is 0 Å². The van der Waals surface area contributed by atoms with Crippen LogP contribution in [0.3, 0.4) is 0 Å². The van der Waals surface area contributed by atoms with Gasteiger partial charge in [0.15, 0.2) is 5.78 Å². The molecule has 0 aliphatic carbocycles. The van der Waals surface area contributed by atoms with Gasteiger partial charge in [-0.1, -0.05) is 35.9 Å². The second-order valence-electron chi connectivity index (χ2n) is 8.96. The summed E-state index contributed by atoms with van der Waals surface area (Å²) in [6.45, 7) is 2.51. The maximum Gasteiger partial charge on any atom is 0.309 e. The maximum atomic E-state index is 14.2. The lowest BCUT2D eigenvalue weighted by molar-refractivity contribution is -0.149. The Hall–Kier alpha value is -3.56. The summed E-state index contributed by atoms with van der Waals surface area (Å²) in [5, 5.41) is 28.7. The molecule has 0 spiro atoms. The predicted octanol–water partition coefficient (Wildman–Crippen LogP) is 4.28. The number of carbonyl (C=O) groups is 3. The molecule has 36 heavy (non-hydrogen) atoms. The highest BCUT2D eigenvalue weighted by molar-refractivity contribution is 6.30. The smallest absolute Gasteiger partial charge is 0.309 e. The number of nitrogens with one attached hydrogen (secondary N) is 2. The Morgan fingerprint density at radius 1 is 1.17 bits per heavy atom. The number of nitrogens with zero attached hydrogens (tertiary/aromatic N) is 1. The highest BCUT2D eigenvalue weighted by Crippen LogP contribution is 2.30. The predicted molar refractivity (Wildman–Crippen MR) is 132 cm³/mol. The largest absolute Gasteiger partial charge is 0.481 e. The fraction of sp³-hybridized carbons (Fsp3) is 0.308. The molecule has 0 saturated carbocycles. The molecule has 190 valence electrons. The SMILES string of the molecule is CC(=O)c1cc(C(=O)N[C@H](Cc2ccc(-c3cc(Cl)ccc3F)cc2)C[C@@](C)(CCO)C(=O)O)[nH]n1. The van der Waals surface area contributed by atoms with Gasteiger partial charge in [-0.3, -0.25) is 19.5 Å². The molecule has 10 heteroatoms. The van der Waals surface area contributed by atoms with Gasteiger partial charge in [0.2, 0.25) is 0 Å². The fourth-order valence-corrected chi connectivity index (χ4v) is 4.14. The van der Waals surface area contributed by atoms with Gasteiger partial charge in [-0.25, -0.2) is 4.39 Å². The number of aromatic nitrogens is 2. The Balaban J connectivity index is 1.85. The molecule has 1 aromatic heterocycles. The molecule has 0 unspecified atom stereocenters. The standard InChI is InChI=1S/C26H27ClFN3O5/c1-15(33)22-13-23(31-30-22)24(34)29-19(14-26(2,9-10-32)25(35)36)11-16-3-5-17(6-4-16)20-12-18(27)7-8-21(20)28/h3-8,12-13,19,32H,9-11,14H2,1-2H3,(H,29,34)(H,30,31)(H,35,36)/t19-,26-/m1/s1. The van der Waals surface area contributed by atoms with Gasteiger partial charge in [-0.2, -0.15) is 5.10 Å². The molecular formula is C26H27ClFN3O5. The van der Waals surface area contributed by atoms with E-state index in [0.29, 0.717) is 16.1 Å². The Morgan fingerprint density at radius 2 is 1.86 bits per heavy atom. The zero-order valence-electron chi connectivity index (χ0n) is 19.8. The number of carbonyl (C=O) groups excluding carboxylic acids is 2.